The van der Waals surface area contributed by atoms with Gasteiger partial charge in [-0.1, -0.05) is 13.3 Å². The molecule has 0 saturated heterocycles. The number of carbonyl (C=O) groups excluding carboxylic acids is 2. The van der Waals surface area contributed by atoms with Crippen LogP contribution in [0.5, 0.6) is 0 Å². The van der Waals surface area contributed by atoms with Gasteiger partial charge in [-0.3, -0.25) is 9.89 Å². The van der Waals surface area contributed by atoms with Gasteiger partial charge in [0, 0.05) is 23.7 Å². The molecule has 0 aliphatic carbocycles. The summed E-state index contributed by atoms with van der Waals surface area (Å²) in [5.41, 5.74) is 2.30. The van der Waals surface area contributed by atoms with E-state index in [4.69, 9.17) is 4.74 Å². The minimum atomic E-state index is -0.816. The topological polar surface area (TPSA) is 75.3 Å². The average molecular weight is 347 g/mol. The Kier molecular flexibility index (Phi) is 4.99. The first-order valence-corrected chi connectivity index (χ1v) is 9.05. The maximum Gasteiger partial charge on any atom is 0.359 e. The first-order chi connectivity index (χ1) is 11.6. The van der Waals surface area contributed by atoms with Gasteiger partial charge in [-0.05, 0) is 42.8 Å². The quantitative estimate of drug-likeness (QED) is 0.844. The third-order valence-electron chi connectivity index (χ3n) is 4.11. The monoisotopic (exact) mass is 347 g/mol. The van der Waals surface area contributed by atoms with E-state index in [0.717, 1.165) is 25.0 Å². The zero-order valence-electron chi connectivity index (χ0n) is 13.9. The van der Waals surface area contributed by atoms with Gasteiger partial charge in [0.25, 0.3) is 5.91 Å². The zero-order chi connectivity index (χ0) is 17.1. The number of hydrogen-bond donors (Lipinski definition) is 1. The molecule has 1 aliphatic heterocycles. The van der Waals surface area contributed by atoms with Crippen LogP contribution in [0.4, 0.5) is 0 Å². The second-order valence-corrected chi connectivity index (χ2v) is 6.96. The third kappa shape index (κ3) is 3.51. The van der Waals surface area contributed by atoms with Crippen molar-refractivity contribution < 1.29 is 14.3 Å². The fourth-order valence-corrected chi connectivity index (χ4v) is 3.72. The van der Waals surface area contributed by atoms with Gasteiger partial charge in [-0.15, -0.1) is 11.3 Å². The molecule has 1 N–H and O–H groups in total. The number of carbonyl (C=O) groups is 2. The van der Waals surface area contributed by atoms with Crippen molar-refractivity contribution in [2.24, 2.45) is 0 Å². The van der Waals surface area contributed by atoms with Crippen LogP contribution in [0.25, 0.3) is 0 Å². The molecule has 2 aromatic rings. The summed E-state index contributed by atoms with van der Waals surface area (Å²) in [6, 6.07) is 3.73. The van der Waals surface area contributed by atoms with E-state index in [-0.39, 0.29) is 11.6 Å². The number of aromatic amines is 1. The van der Waals surface area contributed by atoms with Gasteiger partial charge in [-0.2, -0.15) is 5.10 Å². The summed E-state index contributed by atoms with van der Waals surface area (Å²) in [6.07, 6.45) is 1.83. The van der Waals surface area contributed by atoms with Crippen LogP contribution in [0, 0.1) is 0 Å². The van der Waals surface area contributed by atoms with E-state index in [9.17, 15) is 9.59 Å². The molecule has 1 unspecified atom stereocenters. The van der Waals surface area contributed by atoms with Crippen LogP contribution in [-0.2, 0) is 28.9 Å². The van der Waals surface area contributed by atoms with Gasteiger partial charge in [-0.25, -0.2) is 4.79 Å². The maximum atomic E-state index is 12.5. The molecule has 0 fully saturated rings. The number of rotatable bonds is 5. The SMILES string of the molecule is CCCc1cc(C(=O)OC(C)C(=O)N2CCc3sccc3C2)n[nH]1. The van der Waals surface area contributed by atoms with Crippen molar-refractivity contribution >= 4 is 23.2 Å². The molecule has 0 spiro atoms. The smallest absolute Gasteiger partial charge is 0.359 e. The van der Waals surface area contributed by atoms with E-state index in [2.05, 4.69) is 23.2 Å². The number of aryl methyl sites for hydroxylation is 1. The summed E-state index contributed by atoms with van der Waals surface area (Å²) in [4.78, 5) is 27.8. The first-order valence-electron chi connectivity index (χ1n) is 8.17. The summed E-state index contributed by atoms with van der Waals surface area (Å²) < 4.78 is 5.30. The molecular formula is C17H21N3O3S. The van der Waals surface area contributed by atoms with Gasteiger partial charge in [0.1, 0.15) is 0 Å². The average Bonchev–Trinajstić information content (AvgIpc) is 3.22. The molecule has 6 nitrogen and oxygen atoms in total. The Morgan fingerprint density at radius 1 is 1.50 bits per heavy atom. The number of esters is 1. The molecule has 1 amide bonds. The second kappa shape index (κ2) is 7.17. The van der Waals surface area contributed by atoms with Crippen LogP contribution in [-0.4, -0.2) is 39.6 Å². The lowest BCUT2D eigenvalue weighted by Gasteiger charge is -2.29. The number of H-pyrrole nitrogens is 1. The van der Waals surface area contributed by atoms with Gasteiger partial charge < -0.3 is 9.64 Å². The van der Waals surface area contributed by atoms with E-state index < -0.39 is 12.1 Å². The summed E-state index contributed by atoms with van der Waals surface area (Å²) in [5, 5.41) is 8.82. The van der Waals surface area contributed by atoms with Gasteiger partial charge >= 0.3 is 5.97 Å². The van der Waals surface area contributed by atoms with Gasteiger partial charge in [0.2, 0.25) is 0 Å². The number of nitrogens with zero attached hydrogens (tertiary/aromatic N) is 2. The van der Waals surface area contributed by atoms with Crippen LogP contribution >= 0.6 is 11.3 Å². The molecule has 24 heavy (non-hydrogen) atoms. The summed E-state index contributed by atoms with van der Waals surface area (Å²) in [6.45, 7) is 4.92. The molecule has 3 heterocycles. The van der Waals surface area contributed by atoms with Crippen LogP contribution in [0.3, 0.4) is 0 Å². The third-order valence-corrected chi connectivity index (χ3v) is 5.13. The molecule has 0 aromatic carbocycles. The summed E-state index contributed by atoms with van der Waals surface area (Å²) in [5.74, 6) is -0.729. The second-order valence-electron chi connectivity index (χ2n) is 5.95. The molecule has 128 valence electrons. The lowest BCUT2D eigenvalue weighted by Crippen LogP contribution is -2.42. The predicted octanol–water partition coefficient (Wildman–Crippen LogP) is 2.55. The molecule has 1 atom stereocenters. The van der Waals surface area contributed by atoms with Crippen molar-refractivity contribution in [1.29, 1.82) is 0 Å². The number of thiophene rings is 1. The van der Waals surface area contributed by atoms with Crippen LogP contribution in [0.2, 0.25) is 0 Å². The number of fused-ring (bicyclic) bond motifs is 1. The van der Waals surface area contributed by atoms with Gasteiger partial charge in [0.15, 0.2) is 11.8 Å². The highest BCUT2D eigenvalue weighted by Gasteiger charge is 2.28. The fourth-order valence-electron chi connectivity index (χ4n) is 2.83. The molecule has 3 rings (SSSR count). The van der Waals surface area contributed by atoms with Crippen LogP contribution in [0.15, 0.2) is 17.5 Å². The molecule has 0 bridgehead atoms. The standard InChI is InChI=1S/C17H21N3O3S/c1-3-4-13-9-14(19-18-13)17(22)23-11(2)16(21)20-7-5-15-12(10-20)6-8-24-15/h6,8-9,11H,3-5,7,10H2,1-2H3,(H,18,19). The van der Waals surface area contributed by atoms with Crippen molar-refractivity contribution in [2.45, 2.75) is 45.8 Å². The molecule has 0 saturated carbocycles. The summed E-state index contributed by atoms with van der Waals surface area (Å²) in [7, 11) is 0. The Balaban J connectivity index is 1.58. The summed E-state index contributed by atoms with van der Waals surface area (Å²) >= 11 is 1.73. The highest BCUT2D eigenvalue weighted by Crippen LogP contribution is 2.24. The molecule has 2 aromatic heterocycles. The minimum absolute atomic E-state index is 0.162. The largest absolute Gasteiger partial charge is 0.448 e. The highest BCUT2D eigenvalue weighted by atomic mass is 32.1. The number of aromatic nitrogens is 2. The highest BCUT2D eigenvalue weighted by molar-refractivity contribution is 7.10. The Morgan fingerprint density at radius 2 is 2.33 bits per heavy atom. The van der Waals surface area contributed by atoms with Gasteiger partial charge in [0.05, 0.1) is 0 Å². The Hall–Kier alpha value is -2.15. The lowest BCUT2D eigenvalue weighted by atomic mass is 10.1. The number of amides is 1. The van der Waals surface area contributed by atoms with Crippen molar-refractivity contribution in [3.05, 3.63) is 39.3 Å². The number of hydrogen-bond acceptors (Lipinski definition) is 5. The maximum absolute atomic E-state index is 12.5. The van der Waals surface area contributed by atoms with E-state index in [1.807, 2.05) is 5.38 Å². The number of ether oxygens (including phenoxy) is 1. The fraction of sp³-hybridized carbons (Fsp3) is 0.471. The molecule has 7 heteroatoms. The Labute approximate surface area is 144 Å². The molecule has 0 radical (unpaired) electrons. The van der Waals surface area contributed by atoms with E-state index in [1.165, 1.54) is 10.4 Å². The van der Waals surface area contributed by atoms with E-state index >= 15 is 0 Å². The van der Waals surface area contributed by atoms with E-state index in [0.29, 0.717) is 13.1 Å². The normalized spacial score (nSPS) is 15.0. The lowest BCUT2D eigenvalue weighted by molar-refractivity contribution is -0.140. The van der Waals surface area contributed by atoms with Crippen molar-refractivity contribution in [3.8, 4) is 0 Å². The minimum Gasteiger partial charge on any atom is -0.448 e. The van der Waals surface area contributed by atoms with E-state index in [1.54, 1.807) is 29.2 Å². The van der Waals surface area contributed by atoms with Crippen molar-refractivity contribution in [3.63, 3.8) is 0 Å². The van der Waals surface area contributed by atoms with Crippen molar-refractivity contribution in [2.75, 3.05) is 6.54 Å². The zero-order valence-corrected chi connectivity index (χ0v) is 14.7. The predicted molar refractivity (Wildman–Crippen MR) is 90.9 cm³/mol. The Bertz CT molecular complexity index is 737. The Morgan fingerprint density at radius 3 is 3.12 bits per heavy atom. The van der Waals surface area contributed by atoms with Crippen LogP contribution in [0.1, 0.15) is 46.9 Å². The number of nitrogens with one attached hydrogen (secondary N) is 1. The van der Waals surface area contributed by atoms with Crippen LogP contribution < -0.4 is 0 Å². The van der Waals surface area contributed by atoms with Crippen molar-refractivity contribution in [1.82, 2.24) is 15.1 Å². The molecular weight excluding hydrogens is 326 g/mol. The first kappa shape index (κ1) is 16.7. The molecule has 1 aliphatic rings.